The molecule has 2 aromatic carbocycles. The zero-order valence-corrected chi connectivity index (χ0v) is 10.4. The first kappa shape index (κ1) is 13.7. The summed E-state index contributed by atoms with van der Waals surface area (Å²) in [4.78, 5) is 10.2. The first-order valence-electron chi connectivity index (χ1n) is 5.60. The lowest BCUT2D eigenvalue weighted by molar-refractivity contribution is -0.384. The number of benzene rings is 2. The van der Waals surface area contributed by atoms with Gasteiger partial charge in [0.1, 0.15) is 11.6 Å². The van der Waals surface area contributed by atoms with Crippen molar-refractivity contribution in [2.24, 2.45) is 0 Å². The number of non-ortho nitro benzene ring substituents is 1. The quantitative estimate of drug-likeness (QED) is 0.685. The Labute approximate surface area is 113 Å². The van der Waals surface area contributed by atoms with Gasteiger partial charge < -0.3 is 10.1 Å². The van der Waals surface area contributed by atoms with E-state index in [1.165, 1.54) is 12.1 Å². The lowest BCUT2D eigenvalue weighted by atomic mass is 10.2. The van der Waals surface area contributed by atoms with E-state index in [-0.39, 0.29) is 17.2 Å². The first-order valence-corrected chi connectivity index (χ1v) is 5.60. The Morgan fingerprint density at radius 2 is 1.95 bits per heavy atom. The monoisotopic (exact) mass is 280 g/mol. The fourth-order valence-electron chi connectivity index (χ4n) is 1.58. The number of nitrogens with one attached hydrogen (secondary N) is 1. The highest BCUT2D eigenvalue weighted by Crippen LogP contribution is 2.30. The predicted molar refractivity (Wildman–Crippen MR) is 69.1 cm³/mol. The molecule has 1 N–H and O–H groups in total. The van der Waals surface area contributed by atoms with E-state index in [1.807, 2.05) is 0 Å². The summed E-state index contributed by atoms with van der Waals surface area (Å²) in [6.07, 6.45) is 0. The van der Waals surface area contributed by atoms with Gasteiger partial charge in [0.25, 0.3) is 5.69 Å². The van der Waals surface area contributed by atoms with E-state index in [4.69, 9.17) is 4.74 Å². The van der Waals surface area contributed by atoms with E-state index in [0.29, 0.717) is 11.8 Å². The van der Waals surface area contributed by atoms with Crippen molar-refractivity contribution in [2.45, 2.75) is 0 Å². The van der Waals surface area contributed by atoms with Crippen molar-refractivity contribution in [1.29, 1.82) is 0 Å². The molecule has 0 fully saturated rings. The lowest BCUT2D eigenvalue weighted by Gasteiger charge is -2.08. The van der Waals surface area contributed by atoms with Crippen LogP contribution in [0, 0.1) is 21.7 Å². The first-order chi connectivity index (χ1) is 9.49. The summed E-state index contributed by atoms with van der Waals surface area (Å²) in [6, 6.07) is 6.76. The number of rotatable bonds is 4. The molecule has 0 radical (unpaired) electrons. The maximum absolute atomic E-state index is 13.5. The number of hydrogen-bond acceptors (Lipinski definition) is 4. The summed E-state index contributed by atoms with van der Waals surface area (Å²) in [7, 11) is 1.58. The molecule has 0 spiro atoms. The number of nitrogens with zero attached hydrogens (tertiary/aromatic N) is 1. The molecule has 0 aliphatic rings. The molecule has 2 rings (SSSR count). The maximum Gasteiger partial charge on any atom is 0.275 e. The van der Waals surface area contributed by atoms with E-state index in [1.54, 1.807) is 7.05 Å². The van der Waals surface area contributed by atoms with Crippen LogP contribution < -0.4 is 10.1 Å². The summed E-state index contributed by atoms with van der Waals surface area (Å²) < 4.78 is 31.5. The zero-order chi connectivity index (χ0) is 14.7. The van der Waals surface area contributed by atoms with Gasteiger partial charge >= 0.3 is 0 Å². The minimum atomic E-state index is -0.887. The van der Waals surface area contributed by atoms with Gasteiger partial charge in [-0.3, -0.25) is 10.1 Å². The van der Waals surface area contributed by atoms with Gasteiger partial charge in [-0.05, 0) is 12.1 Å². The molecule has 7 heteroatoms. The fourth-order valence-corrected chi connectivity index (χ4v) is 1.58. The molecule has 0 saturated heterocycles. The second-order valence-corrected chi connectivity index (χ2v) is 3.90. The average Bonchev–Trinajstić information content (AvgIpc) is 2.41. The van der Waals surface area contributed by atoms with Crippen molar-refractivity contribution in [3.05, 3.63) is 58.1 Å². The summed E-state index contributed by atoms with van der Waals surface area (Å²) in [5, 5.41) is 13.5. The van der Waals surface area contributed by atoms with Gasteiger partial charge in [-0.15, -0.1) is 0 Å². The molecular weight excluding hydrogens is 270 g/mol. The third-order valence-electron chi connectivity index (χ3n) is 2.51. The highest BCUT2D eigenvalue weighted by atomic mass is 19.1. The molecule has 2 aromatic rings. The number of hydrogen-bond donors (Lipinski definition) is 1. The van der Waals surface area contributed by atoms with Crippen LogP contribution >= 0.6 is 0 Å². The van der Waals surface area contributed by atoms with E-state index >= 15 is 0 Å². The molecule has 0 atom stereocenters. The topological polar surface area (TPSA) is 64.4 Å². The van der Waals surface area contributed by atoms with Gasteiger partial charge in [-0.1, -0.05) is 0 Å². The fraction of sp³-hybridized carbons (Fsp3) is 0.0769. The maximum atomic E-state index is 13.5. The minimum absolute atomic E-state index is 0.0778. The molecule has 0 bridgehead atoms. The highest BCUT2D eigenvalue weighted by Gasteiger charge is 2.12. The van der Waals surface area contributed by atoms with E-state index in [9.17, 15) is 18.9 Å². The van der Waals surface area contributed by atoms with Crippen LogP contribution in [-0.2, 0) is 0 Å². The molecule has 0 saturated carbocycles. The van der Waals surface area contributed by atoms with E-state index in [0.717, 1.165) is 18.2 Å². The van der Waals surface area contributed by atoms with Crippen LogP contribution in [0.25, 0.3) is 0 Å². The predicted octanol–water partition coefficient (Wildman–Crippen LogP) is 3.71. The molecule has 5 nitrogen and oxygen atoms in total. The van der Waals surface area contributed by atoms with Crippen LogP contribution in [0.5, 0.6) is 11.5 Å². The zero-order valence-electron chi connectivity index (χ0n) is 10.4. The molecule has 0 aliphatic heterocycles. The second-order valence-electron chi connectivity index (χ2n) is 3.90. The second kappa shape index (κ2) is 5.52. The van der Waals surface area contributed by atoms with Gasteiger partial charge in [-0.2, -0.15) is 0 Å². The van der Waals surface area contributed by atoms with Crippen molar-refractivity contribution < 1.29 is 18.4 Å². The number of anilines is 1. The lowest BCUT2D eigenvalue weighted by Crippen LogP contribution is -1.95. The van der Waals surface area contributed by atoms with Crippen LogP contribution in [-0.4, -0.2) is 12.0 Å². The van der Waals surface area contributed by atoms with Gasteiger partial charge in [-0.25, -0.2) is 8.78 Å². The summed E-state index contributed by atoms with van der Waals surface area (Å²) in [6.45, 7) is 0. The van der Waals surface area contributed by atoms with Crippen LogP contribution in [0.3, 0.4) is 0 Å². The number of nitro groups is 1. The number of nitro benzene ring substituents is 1. The van der Waals surface area contributed by atoms with Crippen molar-refractivity contribution in [1.82, 2.24) is 0 Å². The van der Waals surface area contributed by atoms with Crippen molar-refractivity contribution in [3.63, 3.8) is 0 Å². The van der Waals surface area contributed by atoms with Gasteiger partial charge in [0.05, 0.1) is 11.0 Å². The van der Waals surface area contributed by atoms with Crippen LogP contribution in [0.2, 0.25) is 0 Å². The normalized spacial score (nSPS) is 10.2. The third kappa shape index (κ3) is 3.00. The molecule has 0 amide bonds. The molecule has 0 aliphatic carbocycles. The van der Waals surface area contributed by atoms with Crippen molar-refractivity contribution in [3.8, 4) is 11.5 Å². The average molecular weight is 280 g/mol. The smallest absolute Gasteiger partial charge is 0.275 e. The Morgan fingerprint density at radius 1 is 1.20 bits per heavy atom. The van der Waals surface area contributed by atoms with Crippen LogP contribution in [0.4, 0.5) is 20.2 Å². The Balaban J connectivity index is 2.37. The largest absolute Gasteiger partial charge is 0.454 e. The van der Waals surface area contributed by atoms with Crippen LogP contribution in [0.15, 0.2) is 36.4 Å². The summed E-state index contributed by atoms with van der Waals surface area (Å²) >= 11 is 0. The molecular formula is C13H10F2N2O3. The van der Waals surface area contributed by atoms with E-state index in [2.05, 4.69) is 5.32 Å². The van der Waals surface area contributed by atoms with Crippen molar-refractivity contribution in [2.75, 3.05) is 12.4 Å². The Morgan fingerprint density at radius 3 is 2.55 bits per heavy atom. The number of halogens is 2. The third-order valence-corrected chi connectivity index (χ3v) is 2.51. The number of ether oxygens (including phenoxy) is 1. The molecule has 0 unspecified atom stereocenters. The highest BCUT2D eigenvalue weighted by molar-refractivity contribution is 5.56. The SMILES string of the molecule is CNc1cc(Oc2ccc(F)cc2F)cc([N+](=O)[O-])c1. The Bertz CT molecular complexity index is 662. The standard InChI is InChI=1S/C13H10F2N2O3/c1-16-9-5-10(17(18)19)7-11(6-9)20-13-3-2-8(14)4-12(13)15/h2-7,16H,1H3. The molecule has 0 aromatic heterocycles. The molecule has 104 valence electrons. The Kier molecular flexibility index (Phi) is 3.79. The van der Waals surface area contributed by atoms with Gasteiger partial charge in [0.15, 0.2) is 11.6 Å². The van der Waals surface area contributed by atoms with Crippen LogP contribution in [0.1, 0.15) is 0 Å². The van der Waals surface area contributed by atoms with E-state index < -0.39 is 16.6 Å². The Hall–Kier alpha value is -2.70. The molecule has 20 heavy (non-hydrogen) atoms. The minimum Gasteiger partial charge on any atom is -0.454 e. The van der Waals surface area contributed by atoms with Crippen molar-refractivity contribution >= 4 is 11.4 Å². The van der Waals surface area contributed by atoms with Gasteiger partial charge in [0.2, 0.25) is 0 Å². The molecule has 0 heterocycles. The summed E-state index contributed by atoms with van der Waals surface area (Å²) in [5.41, 5.74) is 0.242. The van der Waals surface area contributed by atoms with Gasteiger partial charge in [0, 0.05) is 30.9 Å². The summed E-state index contributed by atoms with van der Waals surface area (Å²) in [5.74, 6) is -1.75.